The van der Waals surface area contributed by atoms with Gasteiger partial charge in [-0.1, -0.05) is 18.2 Å². The van der Waals surface area contributed by atoms with Crippen molar-refractivity contribution < 1.29 is 4.79 Å². The molecule has 1 aromatic carbocycles. The van der Waals surface area contributed by atoms with E-state index in [0.29, 0.717) is 5.56 Å². The zero-order valence-corrected chi connectivity index (χ0v) is 10.2. The smallest absolute Gasteiger partial charge is 0.259 e. The third-order valence-electron chi connectivity index (χ3n) is 2.65. The van der Waals surface area contributed by atoms with Gasteiger partial charge in [0.25, 0.3) is 5.91 Å². The minimum atomic E-state index is -0.120. The van der Waals surface area contributed by atoms with Crippen molar-refractivity contribution >= 4 is 11.6 Å². The van der Waals surface area contributed by atoms with E-state index in [-0.39, 0.29) is 5.91 Å². The highest BCUT2D eigenvalue weighted by molar-refractivity contribution is 6.05. The Kier molecular flexibility index (Phi) is 2.95. The number of para-hydroxylation sites is 1. The van der Waals surface area contributed by atoms with Crippen molar-refractivity contribution in [3.8, 4) is 0 Å². The summed E-state index contributed by atoms with van der Waals surface area (Å²) in [5.41, 5.74) is 3.22. The molecule has 0 aliphatic rings. The number of carbonyl (C=O) groups is 1. The first kappa shape index (κ1) is 11.4. The second-order valence-electron chi connectivity index (χ2n) is 4.07. The molecule has 2 rings (SSSR count). The summed E-state index contributed by atoms with van der Waals surface area (Å²) in [6, 6.07) is 7.70. The quantitative estimate of drug-likeness (QED) is 0.858. The van der Waals surface area contributed by atoms with E-state index in [9.17, 15) is 4.79 Å². The molecule has 88 valence electrons. The number of benzene rings is 1. The summed E-state index contributed by atoms with van der Waals surface area (Å²) in [6.07, 6.45) is 1.73. The molecular weight excluding hydrogens is 214 g/mol. The van der Waals surface area contributed by atoms with E-state index in [1.807, 2.05) is 38.1 Å². The Morgan fingerprint density at radius 2 is 2.00 bits per heavy atom. The van der Waals surface area contributed by atoms with E-state index < -0.39 is 0 Å². The molecule has 1 amide bonds. The van der Waals surface area contributed by atoms with Gasteiger partial charge in [0.1, 0.15) is 0 Å². The number of amides is 1. The third-order valence-corrected chi connectivity index (χ3v) is 2.65. The van der Waals surface area contributed by atoms with Crippen LogP contribution in [-0.4, -0.2) is 15.7 Å². The Hall–Kier alpha value is -2.10. The predicted octanol–water partition coefficient (Wildman–Crippen LogP) is 2.29. The summed E-state index contributed by atoms with van der Waals surface area (Å²) in [5.74, 6) is -0.120. The van der Waals surface area contributed by atoms with Crippen LogP contribution in [0.25, 0.3) is 0 Å². The number of hydrogen-bond donors (Lipinski definition) is 1. The first-order chi connectivity index (χ1) is 8.08. The molecule has 4 nitrogen and oxygen atoms in total. The van der Waals surface area contributed by atoms with Gasteiger partial charge in [0.2, 0.25) is 0 Å². The summed E-state index contributed by atoms with van der Waals surface area (Å²) in [6.45, 7) is 3.79. The van der Waals surface area contributed by atoms with Crippen molar-refractivity contribution in [1.29, 1.82) is 0 Å². The molecule has 4 heteroatoms. The molecule has 1 N–H and O–H groups in total. The van der Waals surface area contributed by atoms with E-state index in [0.717, 1.165) is 16.9 Å². The highest BCUT2D eigenvalue weighted by Crippen LogP contribution is 2.15. The lowest BCUT2D eigenvalue weighted by atomic mass is 10.2. The summed E-state index contributed by atoms with van der Waals surface area (Å²) in [5, 5.41) is 7.04. The standard InChI is InChI=1S/C13H15N3O/c1-9-6-4-5-7-12(9)14-13(17)11-8-16(3)15-10(11)2/h4-8H,1-3H3,(H,14,17). The molecule has 0 unspecified atom stereocenters. The molecular formula is C13H15N3O. The molecule has 2 aromatic rings. The number of rotatable bonds is 2. The molecule has 0 fully saturated rings. The lowest BCUT2D eigenvalue weighted by Gasteiger charge is -2.06. The highest BCUT2D eigenvalue weighted by Gasteiger charge is 2.12. The second-order valence-corrected chi connectivity index (χ2v) is 4.07. The number of hydrogen-bond acceptors (Lipinski definition) is 2. The van der Waals surface area contributed by atoms with Crippen molar-refractivity contribution in [3.63, 3.8) is 0 Å². The van der Waals surface area contributed by atoms with Crippen molar-refractivity contribution in [2.24, 2.45) is 7.05 Å². The van der Waals surface area contributed by atoms with Crippen LogP contribution in [0.3, 0.4) is 0 Å². The summed E-state index contributed by atoms with van der Waals surface area (Å²) < 4.78 is 1.64. The van der Waals surface area contributed by atoms with Gasteiger partial charge in [-0.15, -0.1) is 0 Å². The van der Waals surface area contributed by atoms with Crippen molar-refractivity contribution in [2.75, 3.05) is 5.32 Å². The lowest BCUT2D eigenvalue weighted by molar-refractivity contribution is 0.102. The summed E-state index contributed by atoms with van der Waals surface area (Å²) in [4.78, 5) is 12.0. The van der Waals surface area contributed by atoms with Gasteiger partial charge < -0.3 is 5.32 Å². The van der Waals surface area contributed by atoms with Crippen LogP contribution in [0.2, 0.25) is 0 Å². The van der Waals surface area contributed by atoms with Gasteiger partial charge in [-0.25, -0.2) is 0 Å². The van der Waals surface area contributed by atoms with E-state index in [2.05, 4.69) is 10.4 Å². The number of aromatic nitrogens is 2. The highest BCUT2D eigenvalue weighted by atomic mass is 16.1. The molecule has 0 saturated carbocycles. The first-order valence-corrected chi connectivity index (χ1v) is 5.45. The normalized spacial score (nSPS) is 10.3. The van der Waals surface area contributed by atoms with Crippen LogP contribution in [0.4, 0.5) is 5.69 Å². The second kappa shape index (κ2) is 4.41. The Balaban J connectivity index is 2.23. The van der Waals surface area contributed by atoms with E-state index >= 15 is 0 Å². The molecule has 1 aromatic heterocycles. The summed E-state index contributed by atoms with van der Waals surface area (Å²) >= 11 is 0. The van der Waals surface area contributed by atoms with Crippen molar-refractivity contribution in [1.82, 2.24) is 9.78 Å². The number of nitrogens with one attached hydrogen (secondary N) is 1. The molecule has 1 heterocycles. The van der Waals surface area contributed by atoms with Crippen LogP contribution in [-0.2, 0) is 7.05 Å². The molecule has 0 saturated heterocycles. The third kappa shape index (κ3) is 2.36. The topological polar surface area (TPSA) is 46.9 Å². The predicted molar refractivity (Wildman–Crippen MR) is 67.1 cm³/mol. The lowest BCUT2D eigenvalue weighted by Crippen LogP contribution is -2.13. The summed E-state index contributed by atoms with van der Waals surface area (Å²) in [7, 11) is 1.80. The monoisotopic (exact) mass is 229 g/mol. The van der Waals surface area contributed by atoms with E-state index in [4.69, 9.17) is 0 Å². The van der Waals surface area contributed by atoms with Gasteiger partial charge in [0.15, 0.2) is 0 Å². The van der Waals surface area contributed by atoms with Gasteiger partial charge in [0.05, 0.1) is 11.3 Å². The average Bonchev–Trinajstić information content (AvgIpc) is 2.61. The van der Waals surface area contributed by atoms with Gasteiger partial charge in [-0.2, -0.15) is 5.10 Å². The Morgan fingerprint density at radius 1 is 1.29 bits per heavy atom. The van der Waals surface area contributed by atoms with E-state index in [1.165, 1.54) is 0 Å². The molecule has 0 spiro atoms. The van der Waals surface area contributed by atoms with Crippen LogP contribution >= 0.6 is 0 Å². The molecule has 0 bridgehead atoms. The first-order valence-electron chi connectivity index (χ1n) is 5.45. The van der Waals surface area contributed by atoms with Crippen LogP contribution in [0.15, 0.2) is 30.5 Å². The maximum Gasteiger partial charge on any atom is 0.259 e. The SMILES string of the molecule is Cc1ccccc1NC(=O)c1cn(C)nc1C. The fourth-order valence-electron chi connectivity index (χ4n) is 1.73. The fraction of sp³-hybridized carbons (Fsp3) is 0.231. The van der Waals surface area contributed by atoms with Crippen molar-refractivity contribution in [2.45, 2.75) is 13.8 Å². The zero-order valence-electron chi connectivity index (χ0n) is 10.2. The van der Waals surface area contributed by atoms with Gasteiger partial charge in [0, 0.05) is 18.9 Å². The number of aryl methyl sites for hydroxylation is 3. The fourth-order valence-corrected chi connectivity index (χ4v) is 1.73. The minimum absolute atomic E-state index is 0.120. The Bertz CT molecular complexity index is 558. The number of anilines is 1. The van der Waals surface area contributed by atoms with Crippen LogP contribution in [0.5, 0.6) is 0 Å². The largest absolute Gasteiger partial charge is 0.322 e. The van der Waals surface area contributed by atoms with Crippen molar-refractivity contribution in [3.05, 3.63) is 47.3 Å². The number of carbonyl (C=O) groups excluding carboxylic acids is 1. The molecule has 0 aliphatic carbocycles. The molecule has 0 aliphatic heterocycles. The zero-order chi connectivity index (χ0) is 12.4. The van der Waals surface area contributed by atoms with Crippen LogP contribution < -0.4 is 5.32 Å². The molecule has 17 heavy (non-hydrogen) atoms. The molecule has 0 radical (unpaired) electrons. The van der Waals surface area contributed by atoms with Crippen LogP contribution in [0.1, 0.15) is 21.6 Å². The van der Waals surface area contributed by atoms with Gasteiger partial charge in [-0.05, 0) is 25.5 Å². The molecule has 0 atom stereocenters. The number of nitrogens with zero attached hydrogens (tertiary/aromatic N) is 2. The van der Waals surface area contributed by atoms with E-state index in [1.54, 1.807) is 17.9 Å². The van der Waals surface area contributed by atoms with Gasteiger partial charge in [-0.3, -0.25) is 9.48 Å². The maximum atomic E-state index is 12.0. The average molecular weight is 229 g/mol. The minimum Gasteiger partial charge on any atom is -0.322 e. The Morgan fingerprint density at radius 3 is 2.59 bits per heavy atom. The maximum absolute atomic E-state index is 12.0. The Labute approximate surface area is 100 Å². The van der Waals surface area contributed by atoms with Gasteiger partial charge >= 0.3 is 0 Å². The van der Waals surface area contributed by atoms with Crippen LogP contribution in [0, 0.1) is 13.8 Å².